The zero-order valence-electron chi connectivity index (χ0n) is 12.5. The van der Waals surface area contributed by atoms with Gasteiger partial charge in [-0.3, -0.25) is 10.1 Å². The lowest BCUT2D eigenvalue weighted by Crippen LogP contribution is -2.23. The molecule has 0 radical (unpaired) electrons. The average Bonchev–Trinajstić information content (AvgIpc) is 2.29. The van der Waals surface area contributed by atoms with Gasteiger partial charge in [-0.05, 0) is 52.7 Å². The molecule has 0 saturated heterocycles. The van der Waals surface area contributed by atoms with Gasteiger partial charge in [-0.15, -0.1) is 0 Å². The van der Waals surface area contributed by atoms with Crippen LogP contribution in [0.1, 0.15) is 40.5 Å². The molecule has 0 spiro atoms. The molecule has 0 atom stereocenters. The molecule has 0 aromatic heterocycles. The first-order valence-electron chi connectivity index (χ1n) is 7.00. The fraction of sp³-hybridized carbons (Fsp3) is 0.600. The Bertz CT molecular complexity index is 451. The Morgan fingerprint density at radius 1 is 1.20 bits per heavy atom. The average molecular weight is 343 g/mol. The highest BCUT2D eigenvalue weighted by molar-refractivity contribution is 9.10. The number of benzene rings is 1. The van der Waals surface area contributed by atoms with Crippen LogP contribution in [0.3, 0.4) is 0 Å². The van der Waals surface area contributed by atoms with Gasteiger partial charge in [0, 0.05) is 17.8 Å². The molecule has 1 rings (SSSR count). The summed E-state index contributed by atoms with van der Waals surface area (Å²) in [4.78, 5) is 10.6. The minimum absolute atomic E-state index is 0.0999. The first-order valence-corrected chi connectivity index (χ1v) is 7.79. The van der Waals surface area contributed by atoms with Crippen LogP contribution in [0.4, 0.5) is 11.4 Å². The highest BCUT2D eigenvalue weighted by atomic mass is 79.9. The van der Waals surface area contributed by atoms with Crippen molar-refractivity contribution in [2.45, 2.75) is 46.6 Å². The lowest BCUT2D eigenvalue weighted by Gasteiger charge is -2.23. The summed E-state index contributed by atoms with van der Waals surface area (Å²) in [5, 5.41) is 14.4. The van der Waals surface area contributed by atoms with E-state index in [1.807, 2.05) is 6.07 Å². The molecular formula is C15H23BrN2O2. The van der Waals surface area contributed by atoms with Crippen molar-refractivity contribution < 1.29 is 4.92 Å². The van der Waals surface area contributed by atoms with Crippen LogP contribution in [0.5, 0.6) is 0 Å². The van der Waals surface area contributed by atoms with Gasteiger partial charge < -0.3 is 5.32 Å². The predicted octanol–water partition coefficient (Wildman–Crippen LogP) is 5.23. The Morgan fingerprint density at radius 3 is 2.20 bits per heavy atom. The molecule has 4 nitrogen and oxygen atoms in total. The SMILES string of the molecule is CC(C)CC(CC(C)C)Nc1ccc(Br)c([N+](=O)[O-])c1. The van der Waals surface area contributed by atoms with Gasteiger partial charge >= 0.3 is 0 Å². The van der Waals surface area contributed by atoms with Crippen molar-refractivity contribution in [3.8, 4) is 0 Å². The summed E-state index contributed by atoms with van der Waals surface area (Å²) in [7, 11) is 0. The predicted molar refractivity (Wildman–Crippen MR) is 87.1 cm³/mol. The first kappa shape index (κ1) is 17.0. The van der Waals surface area contributed by atoms with Crippen molar-refractivity contribution in [2.75, 3.05) is 5.32 Å². The molecule has 0 aliphatic carbocycles. The van der Waals surface area contributed by atoms with E-state index < -0.39 is 0 Å². The minimum atomic E-state index is -0.366. The quantitative estimate of drug-likeness (QED) is 0.545. The van der Waals surface area contributed by atoms with Crippen LogP contribution in [-0.2, 0) is 0 Å². The summed E-state index contributed by atoms with van der Waals surface area (Å²) in [5.74, 6) is 1.19. The van der Waals surface area contributed by atoms with Crippen LogP contribution in [0.15, 0.2) is 22.7 Å². The highest BCUT2D eigenvalue weighted by Gasteiger charge is 2.16. The lowest BCUT2D eigenvalue weighted by molar-refractivity contribution is -0.385. The molecule has 1 aromatic carbocycles. The Kier molecular flexibility index (Phi) is 6.46. The van der Waals surface area contributed by atoms with Gasteiger partial charge in [0.15, 0.2) is 0 Å². The number of nitrogens with zero attached hydrogens (tertiary/aromatic N) is 1. The molecule has 0 bridgehead atoms. The molecular weight excluding hydrogens is 320 g/mol. The van der Waals surface area contributed by atoms with Crippen molar-refractivity contribution in [2.24, 2.45) is 11.8 Å². The third-order valence-corrected chi connectivity index (χ3v) is 3.70. The highest BCUT2D eigenvalue weighted by Crippen LogP contribution is 2.29. The molecule has 20 heavy (non-hydrogen) atoms. The molecule has 1 aromatic rings. The molecule has 0 fully saturated rings. The fourth-order valence-corrected chi connectivity index (χ4v) is 2.72. The number of anilines is 1. The summed E-state index contributed by atoms with van der Waals surface area (Å²) < 4.78 is 0.511. The number of hydrogen-bond acceptors (Lipinski definition) is 3. The first-order chi connectivity index (χ1) is 9.29. The third-order valence-electron chi connectivity index (χ3n) is 3.03. The maximum atomic E-state index is 11.0. The Hall–Kier alpha value is -1.10. The van der Waals surface area contributed by atoms with Crippen molar-refractivity contribution in [1.82, 2.24) is 0 Å². The number of hydrogen-bond donors (Lipinski definition) is 1. The molecule has 0 heterocycles. The maximum Gasteiger partial charge on any atom is 0.285 e. The van der Waals surface area contributed by atoms with Crippen LogP contribution in [0.25, 0.3) is 0 Å². The number of nitrogens with one attached hydrogen (secondary N) is 1. The number of nitro benzene ring substituents is 1. The maximum absolute atomic E-state index is 11.0. The van der Waals surface area contributed by atoms with Crippen LogP contribution < -0.4 is 5.32 Å². The molecule has 0 unspecified atom stereocenters. The molecule has 112 valence electrons. The molecule has 0 aliphatic heterocycles. The second-order valence-corrected chi connectivity index (χ2v) is 6.88. The van der Waals surface area contributed by atoms with Crippen molar-refractivity contribution in [1.29, 1.82) is 0 Å². The summed E-state index contributed by atoms with van der Waals surface area (Å²) in [6, 6.07) is 5.54. The standard InChI is InChI=1S/C15H23BrN2O2/c1-10(2)7-13(8-11(3)4)17-12-5-6-14(16)15(9-12)18(19)20/h5-6,9-11,13,17H,7-8H2,1-4H3. The van der Waals surface area contributed by atoms with Gasteiger partial charge in [0.05, 0.1) is 9.40 Å². The molecule has 0 amide bonds. The van der Waals surface area contributed by atoms with Crippen LogP contribution in [0, 0.1) is 22.0 Å². The monoisotopic (exact) mass is 342 g/mol. The van der Waals surface area contributed by atoms with E-state index in [0.717, 1.165) is 18.5 Å². The third kappa shape index (κ3) is 5.49. The summed E-state index contributed by atoms with van der Waals surface area (Å²) in [6.07, 6.45) is 2.12. The van der Waals surface area contributed by atoms with Crippen molar-refractivity contribution >= 4 is 27.3 Å². The van der Waals surface area contributed by atoms with Gasteiger partial charge in [-0.1, -0.05) is 27.7 Å². The molecule has 0 aliphatic rings. The Labute approximate surface area is 129 Å². The normalized spacial score (nSPS) is 11.4. The van der Waals surface area contributed by atoms with Crippen molar-refractivity contribution in [3.63, 3.8) is 0 Å². The second-order valence-electron chi connectivity index (χ2n) is 6.02. The van der Waals surface area contributed by atoms with Gasteiger partial charge in [0.2, 0.25) is 0 Å². The van der Waals surface area contributed by atoms with E-state index in [0.29, 0.717) is 22.4 Å². The van der Waals surface area contributed by atoms with E-state index >= 15 is 0 Å². The van der Waals surface area contributed by atoms with Crippen LogP contribution >= 0.6 is 15.9 Å². The van der Waals surface area contributed by atoms with Crippen LogP contribution in [0.2, 0.25) is 0 Å². The molecule has 5 heteroatoms. The van der Waals surface area contributed by atoms with Crippen molar-refractivity contribution in [3.05, 3.63) is 32.8 Å². The smallest absolute Gasteiger partial charge is 0.285 e. The Balaban J connectivity index is 2.87. The van der Waals surface area contributed by atoms with E-state index in [1.54, 1.807) is 12.1 Å². The summed E-state index contributed by atoms with van der Waals surface area (Å²) in [5.41, 5.74) is 0.911. The second kappa shape index (κ2) is 7.62. The van der Waals surface area contributed by atoms with E-state index in [4.69, 9.17) is 0 Å². The van der Waals surface area contributed by atoms with E-state index in [-0.39, 0.29) is 10.6 Å². The van der Waals surface area contributed by atoms with Gasteiger partial charge in [-0.2, -0.15) is 0 Å². The fourth-order valence-electron chi connectivity index (χ4n) is 2.33. The molecule has 1 N–H and O–H groups in total. The van der Waals surface area contributed by atoms with E-state index in [9.17, 15) is 10.1 Å². The number of halogens is 1. The summed E-state index contributed by atoms with van der Waals surface area (Å²) >= 11 is 3.21. The zero-order chi connectivity index (χ0) is 15.3. The number of rotatable bonds is 7. The zero-order valence-corrected chi connectivity index (χ0v) is 14.1. The van der Waals surface area contributed by atoms with Gasteiger partial charge in [0.25, 0.3) is 5.69 Å². The van der Waals surface area contributed by atoms with Gasteiger partial charge in [-0.25, -0.2) is 0 Å². The number of nitro groups is 1. The largest absolute Gasteiger partial charge is 0.382 e. The Morgan fingerprint density at radius 2 is 1.75 bits per heavy atom. The van der Waals surface area contributed by atoms with E-state index in [1.165, 1.54) is 0 Å². The minimum Gasteiger partial charge on any atom is -0.382 e. The lowest BCUT2D eigenvalue weighted by atomic mass is 9.95. The topological polar surface area (TPSA) is 55.2 Å². The van der Waals surface area contributed by atoms with Gasteiger partial charge in [0.1, 0.15) is 0 Å². The summed E-state index contributed by atoms with van der Waals surface area (Å²) in [6.45, 7) is 8.77. The molecule has 0 saturated carbocycles. The van der Waals surface area contributed by atoms with Crippen LogP contribution in [-0.4, -0.2) is 11.0 Å². The van der Waals surface area contributed by atoms with E-state index in [2.05, 4.69) is 48.9 Å².